The van der Waals surface area contributed by atoms with Crippen LogP contribution in [0.15, 0.2) is 60.7 Å². The number of hydrogen-bond acceptors (Lipinski definition) is 5. The molecule has 2 atom stereocenters. The van der Waals surface area contributed by atoms with Crippen molar-refractivity contribution >= 4 is 0 Å². The Labute approximate surface area is 163 Å². The van der Waals surface area contributed by atoms with Gasteiger partial charge in [0.2, 0.25) is 0 Å². The lowest BCUT2D eigenvalue weighted by Crippen LogP contribution is -2.55. The molecule has 5 heteroatoms. The zero-order valence-electron chi connectivity index (χ0n) is 16.4. The fourth-order valence-electron chi connectivity index (χ4n) is 3.13. The van der Waals surface area contributed by atoms with Crippen molar-refractivity contribution in [3.05, 3.63) is 71.8 Å². The molecule has 0 bridgehead atoms. The molecule has 8 N–H and O–H groups in total. The van der Waals surface area contributed by atoms with Crippen molar-refractivity contribution < 1.29 is 0 Å². The van der Waals surface area contributed by atoms with Crippen molar-refractivity contribution in [3.63, 3.8) is 0 Å². The first-order chi connectivity index (χ1) is 12.9. The van der Waals surface area contributed by atoms with Gasteiger partial charge in [0.25, 0.3) is 0 Å². The maximum absolute atomic E-state index is 6.39. The van der Waals surface area contributed by atoms with Crippen LogP contribution in [0.2, 0.25) is 0 Å². The molecule has 27 heavy (non-hydrogen) atoms. The number of hydrogen-bond donors (Lipinski definition) is 5. The molecule has 0 aliphatic heterocycles. The number of rotatable bonds is 12. The van der Waals surface area contributed by atoms with E-state index in [9.17, 15) is 0 Å². The minimum Gasteiger partial charge on any atom is -0.326 e. The topological polar surface area (TPSA) is 102 Å². The van der Waals surface area contributed by atoms with Crippen molar-refractivity contribution in [2.45, 2.75) is 37.4 Å². The van der Waals surface area contributed by atoms with Gasteiger partial charge in [-0.25, -0.2) is 0 Å². The van der Waals surface area contributed by atoms with Crippen LogP contribution >= 0.6 is 0 Å². The zero-order valence-corrected chi connectivity index (χ0v) is 16.4. The van der Waals surface area contributed by atoms with Gasteiger partial charge in [0, 0.05) is 43.8 Å². The Kier molecular flexibility index (Phi) is 8.91. The normalized spacial score (nSPS) is 15.9. The molecule has 0 saturated carbocycles. The molecule has 148 valence electrons. The summed E-state index contributed by atoms with van der Waals surface area (Å²) in [6.45, 7) is 4.94. The quantitative estimate of drug-likeness (QED) is 0.384. The molecule has 0 aliphatic carbocycles. The highest BCUT2D eigenvalue weighted by Gasteiger charge is 2.18. The highest BCUT2D eigenvalue weighted by molar-refractivity contribution is 5.16. The standard InChI is InChI=1S/C22H35N5/c1-22(25,16-26-14-20(23)12-18-8-4-2-5-9-18)17-27-15-21(24)13-19-10-6-3-7-11-19/h2-11,20-21,26-27H,12-17,23-25H2,1H3. The minimum atomic E-state index is -0.348. The predicted molar refractivity (Wildman–Crippen MR) is 115 cm³/mol. The Morgan fingerprint density at radius 1 is 0.741 bits per heavy atom. The SMILES string of the molecule is CC(N)(CNCC(N)Cc1ccccc1)CNCC(N)Cc1ccccc1. The van der Waals surface area contributed by atoms with Crippen LogP contribution in [0.25, 0.3) is 0 Å². The summed E-state index contributed by atoms with van der Waals surface area (Å²) in [5.74, 6) is 0. The molecular formula is C22H35N5. The van der Waals surface area contributed by atoms with Gasteiger partial charge in [-0.3, -0.25) is 0 Å². The highest BCUT2D eigenvalue weighted by Crippen LogP contribution is 2.03. The largest absolute Gasteiger partial charge is 0.326 e. The molecule has 0 fully saturated rings. The lowest BCUT2D eigenvalue weighted by Gasteiger charge is -2.27. The number of benzene rings is 2. The van der Waals surface area contributed by atoms with Gasteiger partial charge in [-0.1, -0.05) is 60.7 Å². The molecule has 2 unspecified atom stereocenters. The van der Waals surface area contributed by atoms with Gasteiger partial charge in [0.1, 0.15) is 0 Å². The first-order valence-electron chi connectivity index (χ1n) is 9.74. The summed E-state index contributed by atoms with van der Waals surface area (Å²) < 4.78 is 0. The molecule has 0 saturated heterocycles. The summed E-state index contributed by atoms with van der Waals surface area (Å²) >= 11 is 0. The molecule has 0 radical (unpaired) electrons. The van der Waals surface area contributed by atoms with Crippen LogP contribution in [0.3, 0.4) is 0 Å². The molecule has 5 nitrogen and oxygen atoms in total. The predicted octanol–water partition coefficient (Wildman–Crippen LogP) is 1.02. The van der Waals surface area contributed by atoms with E-state index in [1.54, 1.807) is 0 Å². The second-order valence-electron chi connectivity index (χ2n) is 7.82. The molecule has 0 amide bonds. The smallest absolute Gasteiger partial charge is 0.0378 e. The van der Waals surface area contributed by atoms with Crippen molar-refractivity contribution in [2.24, 2.45) is 17.2 Å². The van der Waals surface area contributed by atoms with Crippen molar-refractivity contribution in [1.29, 1.82) is 0 Å². The summed E-state index contributed by atoms with van der Waals surface area (Å²) in [7, 11) is 0. The monoisotopic (exact) mass is 369 g/mol. The van der Waals surface area contributed by atoms with Crippen LogP contribution in [0.4, 0.5) is 0 Å². The number of nitrogens with two attached hydrogens (primary N) is 3. The second-order valence-corrected chi connectivity index (χ2v) is 7.82. The van der Waals surface area contributed by atoms with Crippen LogP contribution in [0.5, 0.6) is 0 Å². The van der Waals surface area contributed by atoms with E-state index in [-0.39, 0.29) is 17.6 Å². The maximum atomic E-state index is 6.39. The Morgan fingerprint density at radius 2 is 1.11 bits per heavy atom. The lowest BCUT2D eigenvalue weighted by atomic mass is 10.0. The van der Waals surface area contributed by atoms with Gasteiger partial charge in [-0.05, 0) is 30.9 Å². The van der Waals surface area contributed by atoms with E-state index in [4.69, 9.17) is 17.2 Å². The van der Waals surface area contributed by atoms with Gasteiger partial charge in [0.05, 0.1) is 0 Å². The van der Waals surface area contributed by atoms with Crippen LogP contribution in [-0.4, -0.2) is 43.8 Å². The average molecular weight is 370 g/mol. The third-order valence-corrected chi connectivity index (χ3v) is 4.55. The van der Waals surface area contributed by atoms with Crippen molar-refractivity contribution in [2.75, 3.05) is 26.2 Å². The van der Waals surface area contributed by atoms with E-state index in [2.05, 4.69) is 34.9 Å². The Bertz CT molecular complexity index is 574. The molecule has 0 aromatic heterocycles. The summed E-state index contributed by atoms with van der Waals surface area (Å²) in [4.78, 5) is 0. The molecule has 2 aromatic carbocycles. The molecular weight excluding hydrogens is 334 g/mol. The van der Waals surface area contributed by atoms with Crippen LogP contribution in [-0.2, 0) is 12.8 Å². The van der Waals surface area contributed by atoms with Gasteiger partial charge < -0.3 is 27.8 Å². The van der Waals surface area contributed by atoms with E-state index in [0.29, 0.717) is 13.1 Å². The van der Waals surface area contributed by atoms with Crippen molar-refractivity contribution in [3.8, 4) is 0 Å². The summed E-state index contributed by atoms with van der Waals surface area (Å²) in [6.07, 6.45) is 1.73. The first kappa shape index (κ1) is 21.5. The molecule has 2 aromatic rings. The third kappa shape index (κ3) is 9.13. The van der Waals surface area contributed by atoms with Gasteiger partial charge in [0.15, 0.2) is 0 Å². The van der Waals surface area contributed by atoms with Gasteiger partial charge in [-0.15, -0.1) is 0 Å². The lowest BCUT2D eigenvalue weighted by molar-refractivity contribution is 0.387. The van der Waals surface area contributed by atoms with E-state index in [1.807, 2.05) is 43.3 Å². The maximum Gasteiger partial charge on any atom is 0.0378 e. The second kappa shape index (κ2) is 11.2. The van der Waals surface area contributed by atoms with Crippen LogP contribution < -0.4 is 27.8 Å². The van der Waals surface area contributed by atoms with Crippen LogP contribution in [0.1, 0.15) is 18.1 Å². The summed E-state index contributed by atoms with van der Waals surface area (Å²) in [5.41, 5.74) is 21.0. The Morgan fingerprint density at radius 3 is 1.48 bits per heavy atom. The van der Waals surface area contributed by atoms with Gasteiger partial charge in [-0.2, -0.15) is 0 Å². The van der Waals surface area contributed by atoms with E-state index < -0.39 is 0 Å². The van der Waals surface area contributed by atoms with Gasteiger partial charge >= 0.3 is 0 Å². The third-order valence-electron chi connectivity index (χ3n) is 4.55. The van der Waals surface area contributed by atoms with E-state index in [1.165, 1.54) is 11.1 Å². The zero-order chi connectivity index (χ0) is 19.5. The Balaban J connectivity index is 1.60. The average Bonchev–Trinajstić information content (AvgIpc) is 2.63. The Hall–Kier alpha value is -1.76. The number of nitrogens with one attached hydrogen (secondary N) is 2. The molecule has 0 heterocycles. The van der Waals surface area contributed by atoms with Crippen molar-refractivity contribution in [1.82, 2.24) is 10.6 Å². The summed E-state index contributed by atoms with van der Waals surface area (Å²) in [5, 5.41) is 6.80. The highest BCUT2D eigenvalue weighted by atomic mass is 15.0. The first-order valence-corrected chi connectivity index (χ1v) is 9.74. The fourth-order valence-corrected chi connectivity index (χ4v) is 3.13. The molecule has 2 rings (SSSR count). The van der Waals surface area contributed by atoms with E-state index >= 15 is 0 Å². The fraction of sp³-hybridized carbons (Fsp3) is 0.455. The van der Waals surface area contributed by atoms with Crippen LogP contribution in [0, 0.1) is 0 Å². The molecule has 0 spiro atoms. The molecule has 0 aliphatic rings. The minimum absolute atomic E-state index is 0.0791. The summed E-state index contributed by atoms with van der Waals surface area (Å²) in [6, 6.07) is 20.8. The van der Waals surface area contributed by atoms with E-state index in [0.717, 1.165) is 25.9 Å².